The van der Waals surface area contributed by atoms with E-state index in [9.17, 15) is 8.42 Å². The van der Waals surface area contributed by atoms with E-state index in [2.05, 4.69) is 9.97 Å². The fraction of sp³-hybridized carbons (Fsp3) is 0.500. The maximum Gasteiger partial charge on any atom is 0.246 e. The maximum atomic E-state index is 12.3. The molecule has 0 aromatic carbocycles. The van der Waals surface area contributed by atoms with E-state index in [1.165, 1.54) is 7.11 Å². The first-order valence-electron chi connectivity index (χ1n) is 5.46. The Hall–Kier alpha value is -1.76. The highest BCUT2D eigenvalue weighted by atomic mass is 32.2. The normalized spacial score (nSPS) is 11.4. The zero-order valence-corrected chi connectivity index (χ0v) is 11.3. The van der Waals surface area contributed by atoms with Gasteiger partial charge < -0.3 is 10.5 Å². The first kappa shape index (κ1) is 15.3. The number of nitrogens with two attached hydrogens (primary N) is 1. The molecule has 19 heavy (non-hydrogen) atoms. The van der Waals surface area contributed by atoms with Gasteiger partial charge in [-0.05, 0) is 0 Å². The summed E-state index contributed by atoms with van der Waals surface area (Å²) in [6.07, 6.45) is 2.38. The lowest BCUT2D eigenvalue weighted by Gasteiger charge is -2.20. The first-order valence-corrected chi connectivity index (χ1v) is 6.90. The average Bonchev–Trinajstić information content (AvgIpc) is 2.39. The Morgan fingerprint density at radius 3 is 2.58 bits per heavy atom. The van der Waals surface area contributed by atoms with Gasteiger partial charge in [0.2, 0.25) is 16.0 Å². The Kier molecular flexibility index (Phi) is 5.62. The Morgan fingerprint density at radius 2 is 2.05 bits per heavy atom. The molecule has 1 aromatic heterocycles. The van der Waals surface area contributed by atoms with Gasteiger partial charge in [0, 0.05) is 26.6 Å². The molecule has 0 unspecified atom stereocenters. The van der Waals surface area contributed by atoms with Crippen LogP contribution in [0.3, 0.4) is 0 Å². The van der Waals surface area contributed by atoms with Gasteiger partial charge in [0.25, 0.3) is 0 Å². The number of rotatable bonds is 7. The van der Waals surface area contributed by atoms with Crippen LogP contribution in [0.5, 0.6) is 0 Å². The number of aromatic nitrogens is 2. The van der Waals surface area contributed by atoms with E-state index >= 15 is 0 Å². The monoisotopic (exact) mass is 285 g/mol. The Bertz CT molecular complexity index is 537. The molecule has 0 fully saturated rings. The van der Waals surface area contributed by atoms with Crippen molar-refractivity contribution in [3.05, 3.63) is 12.4 Å². The van der Waals surface area contributed by atoms with Gasteiger partial charge in [-0.15, -0.1) is 0 Å². The number of anilines is 1. The van der Waals surface area contributed by atoms with Gasteiger partial charge in [0.1, 0.15) is 4.90 Å². The largest absolute Gasteiger partial charge is 0.383 e. The highest BCUT2D eigenvalue weighted by molar-refractivity contribution is 7.89. The number of nitriles is 1. The summed E-state index contributed by atoms with van der Waals surface area (Å²) in [6.45, 7) is 0.484. The standard InChI is InChI=1S/C10H15N5O3S/c1-18-6-5-15(4-2-3-11)19(16,17)9-7-13-10(12)14-8-9/h7-8H,2,4-6H2,1H3,(H2,12,13,14). The van der Waals surface area contributed by atoms with Gasteiger partial charge in [0.15, 0.2) is 0 Å². The van der Waals surface area contributed by atoms with Crippen molar-refractivity contribution >= 4 is 16.0 Å². The third kappa shape index (κ3) is 4.13. The van der Waals surface area contributed by atoms with Gasteiger partial charge in [-0.2, -0.15) is 9.57 Å². The van der Waals surface area contributed by atoms with Crippen LogP contribution in [-0.4, -0.2) is 49.5 Å². The van der Waals surface area contributed by atoms with Crippen molar-refractivity contribution in [2.75, 3.05) is 32.5 Å². The number of ether oxygens (including phenoxy) is 1. The molecule has 0 aliphatic heterocycles. The Balaban J connectivity index is 2.97. The lowest BCUT2D eigenvalue weighted by atomic mass is 10.4. The van der Waals surface area contributed by atoms with Gasteiger partial charge in [-0.25, -0.2) is 18.4 Å². The summed E-state index contributed by atoms with van der Waals surface area (Å²) in [6, 6.07) is 1.91. The number of sulfonamides is 1. The molecule has 0 saturated carbocycles. The number of nitrogens with zero attached hydrogens (tertiary/aromatic N) is 4. The second kappa shape index (κ2) is 6.98. The van der Waals surface area contributed by atoms with Crippen LogP contribution in [0.2, 0.25) is 0 Å². The lowest BCUT2D eigenvalue weighted by molar-refractivity contribution is 0.179. The van der Waals surface area contributed by atoms with E-state index in [-0.39, 0.29) is 37.0 Å². The summed E-state index contributed by atoms with van der Waals surface area (Å²) in [5.41, 5.74) is 5.31. The molecule has 0 saturated heterocycles. The van der Waals surface area contributed by atoms with Crippen molar-refractivity contribution in [2.45, 2.75) is 11.3 Å². The van der Waals surface area contributed by atoms with Gasteiger partial charge in [-0.3, -0.25) is 0 Å². The topological polar surface area (TPSA) is 122 Å². The van der Waals surface area contributed by atoms with E-state index in [0.717, 1.165) is 16.7 Å². The summed E-state index contributed by atoms with van der Waals surface area (Å²) < 4.78 is 30.6. The molecular formula is C10H15N5O3S. The fourth-order valence-electron chi connectivity index (χ4n) is 1.33. The van der Waals surface area contributed by atoms with Crippen LogP contribution in [0.1, 0.15) is 6.42 Å². The highest BCUT2D eigenvalue weighted by Gasteiger charge is 2.24. The van der Waals surface area contributed by atoms with Crippen molar-refractivity contribution in [3.8, 4) is 6.07 Å². The molecule has 104 valence electrons. The van der Waals surface area contributed by atoms with Crippen LogP contribution >= 0.6 is 0 Å². The van der Waals surface area contributed by atoms with Crippen LogP contribution in [0.4, 0.5) is 5.95 Å². The van der Waals surface area contributed by atoms with Gasteiger partial charge in [-0.1, -0.05) is 0 Å². The quantitative estimate of drug-likeness (QED) is 0.723. The summed E-state index contributed by atoms with van der Waals surface area (Å²) in [4.78, 5) is 7.25. The summed E-state index contributed by atoms with van der Waals surface area (Å²) >= 11 is 0. The zero-order valence-electron chi connectivity index (χ0n) is 10.5. The smallest absolute Gasteiger partial charge is 0.246 e. The van der Waals surface area contributed by atoms with Crippen molar-refractivity contribution in [1.29, 1.82) is 5.26 Å². The van der Waals surface area contributed by atoms with Gasteiger partial charge >= 0.3 is 0 Å². The van der Waals surface area contributed by atoms with E-state index in [4.69, 9.17) is 15.7 Å². The average molecular weight is 285 g/mol. The third-order valence-electron chi connectivity index (χ3n) is 2.30. The Labute approximate surface area is 111 Å². The first-order chi connectivity index (χ1) is 9.02. The van der Waals surface area contributed by atoms with Crippen molar-refractivity contribution < 1.29 is 13.2 Å². The summed E-state index contributed by atoms with van der Waals surface area (Å²) in [7, 11) is -2.27. The molecule has 1 aromatic rings. The second-order valence-corrected chi connectivity index (χ2v) is 5.52. The summed E-state index contributed by atoms with van der Waals surface area (Å²) in [5.74, 6) is -0.000540. The number of methoxy groups -OCH3 is 1. The molecule has 8 nitrogen and oxygen atoms in total. The predicted molar refractivity (Wildman–Crippen MR) is 67.3 cm³/mol. The highest BCUT2D eigenvalue weighted by Crippen LogP contribution is 2.14. The fourth-order valence-corrected chi connectivity index (χ4v) is 2.64. The van der Waals surface area contributed by atoms with Crippen LogP contribution in [0.15, 0.2) is 17.3 Å². The number of hydrogen-bond donors (Lipinski definition) is 1. The summed E-state index contributed by atoms with van der Waals surface area (Å²) in [5, 5.41) is 8.57. The third-order valence-corrected chi connectivity index (χ3v) is 4.16. The molecule has 1 rings (SSSR count). The van der Waals surface area contributed by atoms with Crippen LogP contribution in [-0.2, 0) is 14.8 Å². The number of nitrogen functional groups attached to an aromatic ring is 1. The van der Waals surface area contributed by atoms with Crippen LogP contribution < -0.4 is 5.73 Å². The van der Waals surface area contributed by atoms with E-state index in [0.29, 0.717) is 0 Å². The zero-order chi connectivity index (χ0) is 14.3. The van der Waals surface area contributed by atoms with Crippen molar-refractivity contribution in [1.82, 2.24) is 14.3 Å². The van der Waals surface area contributed by atoms with Crippen LogP contribution in [0.25, 0.3) is 0 Å². The second-order valence-electron chi connectivity index (χ2n) is 3.58. The van der Waals surface area contributed by atoms with Crippen molar-refractivity contribution in [3.63, 3.8) is 0 Å². The molecule has 0 aliphatic carbocycles. The molecule has 0 atom stereocenters. The predicted octanol–water partition coefficient (Wildman–Crippen LogP) is -0.390. The molecule has 9 heteroatoms. The molecule has 0 radical (unpaired) electrons. The van der Waals surface area contributed by atoms with Crippen molar-refractivity contribution in [2.24, 2.45) is 0 Å². The minimum atomic E-state index is -3.74. The van der Waals surface area contributed by atoms with E-state index in [1.54, 1.807) is 0 Å². The minimum absolute atomic E-state index is 0.000540. The molecule has 0 spiro atoms. The Morgan fingerprint density at radius 1 is 1.42 bits per heavy atom. The lowest BCUT2D eigenvalue weighted by Crippen LogP contribution is -2.34. The number of hydrogen-bond acceptors (Lipinski definition) is 7. The molecule has 0 bridgehead atoms. The maximum absolute atomic E-state index is 12.3. The minimum Gasteiger partial charge on any atom is -0.383 e. The van der Waals surface area contributed by atoms with Crippen LogP contribution in [0, 0.1) is 11.3 Å². The molecule has 0 amide bonds. The molecule has 0 aliphatic rings. The molecule has 2 N–H and O–H groups in total. The molecular weight excluding hydrogens is 270 g/mol. The van der Waals surface area contributed by atoms with E-state index < -0.39 is 10.0 Å². The SMILES string of the molecule is COCCN(CCC#N)S(=O)(=O)c1cnc(N)nc1. The van der Waals surface area contributed by atoms with Gasteiger partial charge in [0.05, 0.1) is 25.1 Å². The molecule has 1 heterocycles. The van der Waals surface area contributed by atoms with E-state index in [1.807, 2.05) is 6.07 Å².